The van der Waals surface area contributed by atoms with Gasteiger partial charge in [-0.15, -0.1) is 0 Å². The molecular weight excluding hydrogens is 452 g/mol. The minimum atomic E-state index is -4.50. The van der Waals surface area contributed by atoms with E-state index in [1.54, 1.807) is 0 Å². The summed E-state index contributed by atoms with van der Waals surface area (Å²) < 4.78 is 42.9. The van der Waals surface area contributed by atoms with Crippen molar-refractivity contribution in [1.82, 2.24) is 19.5 Å². The summed E-state index contributed by atoms with van der Waals surface area (Å²) in [5.74, 6) is -1.69. The standard InChI is InChI=1S/C17H29FN5O8P/c1-4-11(26)32(27,28)31-17(2,8-18)5-6-30-15(10(25)7-24)23-9-20-12-13(23)21-16(19)22-14(12)29-3/h9-11,15,24-26H,4-8H2,1-3H3,(H,27,28)(H2,19,21,22)/t10-,11?,15-,17?/m1/s1. The number of halogens is 1. The molecule has 0 aliphatic rings. The van der Waals surface area contributed by atoms with Crippen molar-refractivity contribution in [2.75, 3.05) is 32.7 Å². The Labute approximate surface area is 183 Å². The van der Waals surface area contributed by atoms with Gasteiger partial charge in [0.1, 0.15) is 18.4 Å². The fraction of sp³-hybridized carbons (Fsp3) is 0.706. The number of aliphatic hydroxyl groups is 3. The van der Waals surface area contributed by atoms with E-state index in [0.717, 1.165) is 0 Å². The van der Waals surface area contributed by atoms with E-state index in [1.165, 1.54) is 31.9 Å². The van der Waals surface area contributed by atoms with Gasteiger partial charge in [-0.1, -0.05) is 6.92 Å². The molecule has 0 aliphatic carbocycles. The van der Waals surface area contributed by atoms with Crippen LogP contribution in [0.2, 0.25) is 0 Å². The quantitative estimate of drug-likeness (QED) is 0.246. The maximum Gasteiger partial charge on any atom is 0.356 e. The normalized spacial score (nSPS) is 18.6. The summed E-state index contributed by atoms with van der Waals surface area (Å²) in [4.78, 5) is 22.0. The molecular formula is C17H29FN5O8P. The molecule has 0 saturated heterocycles. The number of aliphatic hydroxyl groups excluding tert-OH is 3. The predicted molar refractivity (Wildman–Crippen MR) is 111 cm³/mol. The first-order valence-corrected chi connectivity index (χ1v) is 11.4. The highest BCUT2D eigenvalue weighted by Crippen LogP contribution is 2.51. The molecule has 0 aromatic carbocycles. The number of methoxy groups -OCH3 is 1. The highest BCUT2D eigenvalue weighted by Gasteiger charge is 2.39. The summed E-state index contributed by atoms with van der Waals surface area (Å²) in [7, 11) is -3.13. The summed E-state index contributed by atoms with van der Waals surface area (Å²) >= 11 is 0. The summed E-state index contributed by atoms with van der Waals surface area (Å²) in [5.41, 5.74) is 4.32. The van der Waals surface area contributed by atoms with E-state index in [0.29, 0.717) is 0 Å². The molecule has 0 spiro atoms. The van der Waals surface area contributed by atoms with Crippen molar-refractivity contribution in [1.29, 1.82) is 0 Å². The second-order valence-electron chi connectivity index (χ2n) is 7.30. The molecule has 32 heavy (non-hydrogen) atoms. The van der Waals surface area contributed by atoms with Crippen LogP contribution in [0.4, 0.5) is 10.3 Å². The third-order valence-electron chi connectivity index (χ3n) is 4.69. The molecule has 2 heterocycles. The van der Waals surface area contributed by atoms with Gasteiger partial charge in [0.05, 0.1) is 26.7 Å². The van der Waals surface area contributed by atoms with E-state index in [1.807, 2.05) is 0 Å². The summed E-state index contributed by atoms with van der Waals surface area (Å²) in [6, 6.07) is 0. The molecule has 0 fully saturated rings. The Morgan fingerprint density at radius 2 is 2.06 bits per heavy atom. The van der Waals surface area contributed by atoms with Gasteiger partial charge in [-0.05, 0) is 13.3 Å². The zero-order chi connectivity index (χ0) is 24.1. The van der Waals surface area contributed by atoms with Gasteiger partial charge in [-0.3, -0.25) is 13.7 Å². The molecule has 2 aromatic rings. The number of ether oxygens (including phenoxy) is 2. The maximum atomic E-state index is 13.7. The molecule has 0 saturated carbocycles. The number of hydrogen-bond acceptors (Lipinski definition) is 11. The van der Waals surface area contributed by atoms with Gasteiger partial charge in [-0.25, -0.2) is 9.37 Å². The lowest BCUT2D eigenvalue weighted by molar-refractivity contribution is -0.108. The van der Waals surface area contributed by atoms with E-state index < -0.39 is 44.7 Å². The second kappa shape index (κ2) is 10.8. The Hall–Kier alpha value is -1.93. The third kappa shape index (κ3) is 5.90. The van der Waals surface area contributed by atoms with Crippen molar-refractivity contribution in [3.05, 3.63) is 6.33 Å². The molecule has 15 heteroatoms. The Morgan fingerprint density at radius 1 is 1.38 bits per heavy atom. The predicted octanol–water partition coefficient (Wildman–Crippen LogP) is 0.334. The summed E-state index contributed by atoms with van der Waals surface area (Å²) in [6.07, 6.45) is -1.66. The van der Waals surface area contributed by atoms with Crippen molar-refractivity contribution >= 4 is 24.7 Å². The Bertz CT molecular complexity index is 949. The van der Waals surface area contributed by atoms with Crippen molar-refractivity contribution in [3.63, 3.8) is 0 Å². The average Bonchev–Trinajstić information content (AvgIpc) is 3.17. The van der Waals surface area contributed by atoms with Crippen LogP contribution >= 0.6 is 7.60 Å². The molecule has 5 atom stereocenters. The first-order valence-electron chi connectivity index (χ1n) is 9.73. The van der Waals surface area contributed by atoms with Crippen LogP contribution in [0.3, 0.4) is 0 Å². The number of nitrogens with zero attached hydrogens (tertiary/aromatic N) is 4. The highest BCUT2D eigenvalue weighted by molar-refractivity contribution is 7.53. The largest absolute Gasteiger partial charge is 0.479 e. The fourth-order valence-corrected chi connectivity index (χ4v) is 4.20. The summed E-state index contributed by atoms with van der Waals surface area (Å²) in [6.45, 7) is 0.646. The number of aromatic nitrogens is 4. The average molecular weight is 481 g/mol. The SMILES string of the molecule is CCC(O)P(=O)(O)OC(C)(CF)CCO[C@H]([C@H](O)CO)n1cnc2c(OC)nc(N)nc21. The zero-order valence-corrected chi connectivity index (χ0v) is 18.9. The zero-order valence-electron chi connectivity index (χ0n) is 18.0. The van der Waals surface area contributed by atoms with Gasteiger partial charge >= 0.3 is 7.60 Å². The molecule has 182 valence electrons. The number of hydrogen-bond donors (Lipinski definition) is 5. The van der Waals surface area contributed by atoms with Gasteiger partial charge < -0.3 is 35.4 Å². The number of imidazole rings is 1. The van der Waals surface area contributed by atoms with Crippen LogP contribution in [0.25, 0.3) is 11.2 Å². The van der Waals surface area contributed by atoms with Crippen molar-refractivity contribution in [3.8, 4) is 5.88 Å². The van der Waals surface area contributed by atoms with Crippen LogP contribution in [0.1, 0.15) is 32.9 Å². The fourth-order valence-electron chi connectivity index (χ4n) is 2.84. The van der Waals surface area contributed by atoms with Gasteiger partial charge in [0, 0.05) is 6.42 Å². The van der Waals surface area contributed by atoms with E-state index in [-0.39, 0.29) is 42.4 Å². The lowest BCUT2D eigenvalue weighted by Crippen LogP contribution is -2.35. The molecule has 0 amide bonds. The highest BCUT2D eigenvalue weighted by atomic mass is 31.2. The maximum absolute atomic E-state index is 13.7. The molecule has 0 bridgehead atoms. The smallest absolute Gasteiger partial charge is 0.356 e. The van der Waals surface area contributed by atoms with Crippen LogP contribution < -0.4 is 10.5 Å². The topological polar surface area (TPSA) is 195 Å². The second-order valence-corrected chi connectivity index (χ2v) is 9.21. The van der Waals surface area contributed by atoms with Crippen LogP contribution in [0, 0.1) is 0 Å². The monoisotopic (exact) mass is 481 g/mol. The van der Waals surface area contributed by atoms with Crippen LogP contribution in [-0.4, -0.2) is 84.3 Å². The Morgan fingerprint density at radius 3 is 2.62 bits per heavy atom. The van der Waals surface area contributed by atoms with E-state index in [2.05, 4.69) is 15.0 Å². The number of alkyl halides is 1. The van der Waals surface area contributed by atoms with E-state index in [9.17, 15) is 29.2 Å². The Kier molecular flexibility index (Phi) is 8.88. The van der Waals surface area contributed by atoms with Crippen molar-refractivity contribution in [2.24, 2.45) is 0 Å². The minimum Gasteiger partial charge on any atom is -0.479 e. The molecule has 13 nitrogen and oxygen atoms in total. The molecule has 6 N–H and O–H groups in total. The molecule has 2 rings (SSSR count). The van der Waals surface area contributed by atoms with Gasteiger partial charge in [0.15, 0.2) is 23.2 Å². The van der Waals surface area contributed by atoms with E-state index >= 15 is 0 Å². The first kappa shape index (κ1) is 26.3. The van der Waals surface area contributed by atoms with Gasteiger partial charge in [0.25, 0.3) is 0 Å². The molecule has 0 radical (unpaired) electrons. The lowest BCUT2D eigenvalue weighted by atomic mass is 10.1. The molecule has 0 aliphatic heterocycles. The van der Waals surface area contributed by atoms with Crippen LogP contribution in [0.5, 0.6) is 5.88 Å². The van der Waals surface area contributed by atoms with Gasteiger partial charge in [0.2, 0.25) is 11.8 Å². The number of rotatable bonds is 13. The minimum absolute atomic E-state index is 0.0560. The first-order chi connectivity index (χ1) is 15.0. The van der Waals surface area contributed by atoms with Gasteiger partial charge in [-0.2, -0.15) is 9.97 Å². The number of fused-ring (bicyclic) bond motifs is 1. The van der Waals surface area contributed by atoms with Crippen molar-refractivity contribution in [2.45, 2.75) is 50.5 Å². The lowest BCUT2D eigenvalue weighted by Gasteiger charge is -2.31. The Balaban J connectivity index is 2.23. The molecule has 2 aromatic heterocycles. The van der Waals surface area contributed by atoms with Crippen LogP contribution in [-0.2, 0) is 13.8 Å². The molecule has 3 unspecified atom stereocenters. The number of nitrogens with two attached hydrogens (primary N) is 1. The third-order valence-corrected chi connectivity index (χ3v) is 6.51. The van der Waals surface area contributed by atoms with E-state index in [4.69, 9.17) is 19.7 Å². The van der Waals surface area contributed by atoms with Crippen molar-refractivity contribution < 1.29 is 43.2 Å². The number of nitrogen functional groups attached to an aromatic ring is 1. The number of anilines is 1. The van der Waals surface area contributed by atoms with Crippen LogP contribution in [0.15, 0.2) is 6.33 Å². The summed E-state index contributed by atoms with van der Waals surface area (Å²) in [5, 5.41) is 29.4.